The van der Waals surface area contributed by atoms with Crippen LogP contribution in [0.1, 0.15) is 48.4 Å². The van der Waals surface area contributed by atoms with E-state index in [0.29, 0.717) is 0 Å². The fraction of sp³-hybridized carbons (Fsp3) is 0.176. The maximum atomic E-state index is 13.3. The molecular weight excluding hydrogens is 552 g/mol. The van der Waals surface area contributed by atoms with Gasteiger partial charge in [-0.3, -0.25) is 0 Å². The normalized spacial score (nSPS) is 21.2. The Morgan fingerprint density at radius 2 is 0.744 bits per heavy atom. The van der Waals surface area contributed by atoms with E-state index in [2.05, 4.69) is 0 Å². The predicted molar refractivity (Wildman–Crippen MR) is 153 cm³/mol. The zero-order chi connectivity index (χ0) is 30.2. The minimum atomic E-state index is -1.52. The van der Waals surface area contributed by atoms with Crippen molar-refractivity contribution in [2.45, 2.75) is 37.6 Å². The number of rotatable bonds is 8. The Kier molecular flexibility index (Phi) is 9.23. The molecular formula is C34H28O9. The number of hydrogen-bond donors (Lipinski definition) is 0. The Morgan fingerprint density at radius 3 is 1.12 bits per heavy atom. The fourth-order valence-corrected chi connectivity index (χ4v) is 4.54. The first-order valence-electron chi connectivity index (χ1n) is 13.6. The predicted octanol–water partition coefficient (Wildman–Crippen LogP) is 5.27. The van der Waals surface area contributed by atoms with E-state index in [1.54, 1.807) is 116 Å². The molecule has 0 bridgehead atoms. The summed E-state index contributed by atoms with van der Waals surface area (Å²) in [5, 5.41) is 0. The Balaban J connectivity index is 1.51. The molecule has 0 aromatic heterocycles. The minimum Gasteiger partial charge on any atom is -0.452 e. The molecule has 218 valence electrons. The fourth-order valence-electron chi connectivity index (χ4n) is 4.54. The van der Waals surface area contributed by atoms with Gasteiger partial charge in [-0.1, -0.05) is 72.8 Å². The van der Waals surface area contributed by atoms with Crippen LogP contribution in [0.2, 0.25) is 0 Å². The van der Waals surface area contributed by atoms with E-state index in [0.717, 1.165) is 0 Å². The number of hydrogen-bond acceptors (Lipinski definition) is 9. The second-order valence-electron chi connectivity index (χ2n) is 9.69. The summed E-state index contributed by atoms with van der Waals surface area (Å²) in [7, 11) is 0. The molecule has 1 aliphatic rings. The van der Waals surface area contributed by atoms with Crippen molar-refractivity contribution in [2.75, 3.05) is 0 Å². The van der Waals surface area contributed by atoms with Gasteiger partial charge in [-0.05, 0) is 55.5 Å². The van der Waals surface area contributed by atoms with Gasteiger partial charge in [0.2, 0.25) is 12.4 Å². The van der Waals surface area contributed by atoms with Crippen molar-refractivity contribution in [3.05, 3.63) is 144 Å². The molecule has 9 heteroatoms. The highest BCUT2D eigenvalue weighted by molar-refractivity contribution is 5.92. The van der Waals surface area contributed by atoms with E-state index in [9.17, 15) is 19.2 Å². The molecule has 0 unspecified atom stereocenters. The molecule has 43 heavy (non-hydrogen) atoms. The highest BCUT2D eigenvalue weighted by Crippen LogP contribution is 2.31. The molecule has 0 radical (unpaired) electrons. The van der Waals surface area contributed by atoms with Crippen molar-refractivity contribution >= 4 is 23.9 Å². The van der Waals surface area contributed by atoms with E-state index in [1.807, 2.05) is 0 Å². The molecule has 5 rings (SSSR count). The standard InChI is InChI=1S/C34H28O9/c1-22-27(40-30(35)23-14-6-2-7-15-23)28(41-31(36)24-16-8-3-9-17-24)29(42-32(37)25-18-10-4-11-19-25)34(39-22)43-33(38)26-20-12-5-13-21-26/h2-22,27-29,34H,1H3/t22-,27-,28-,29-,34+/m0/s1. The summed E-state index contributed by atoms with van der Waals surface area (Å²) in [5.74, 6) is -3.03. The van der Waals surface area contributed by atoms with Gasteiger partial charge in [0.15, 0.2) is 12.2 Å². The Hall–Kier alpha value is -5.28. The third kappa shape index (κ3) is 7.14. The largest absolute Gasteiger partial charge is 0.452 e. The highest BCUT2D eigenvalue weighted by atomic mass is 16.7. The number of esters is 4. The summed E-state index contributed by atoms with van der Waals surface area (Å²) in [5.41, 5.74) is 0.876. The molecule has 0 saturated carbocycles. The average Bonchev–Trinajstić information content (AvgIpc) is 3.05. The summed E-state index contributed by atoms with van der Waals surface area (Å²) in [4.78, 5) is 52.8. The van der Waals surface area contributed by atoms with E-state index < -0.39 is 54.6 Å². The van der Waals surface area contributed by atoms with Crippen molar-refractivity contribution in [1.82, 2.24) is 0 Å². The van der Waals surface area contributed by atoms with Gasteiger partial charge in [-0.15, -0.1) is 0 Å². The molecule has 4 aromatic rings. The third-order valence-electron chi connectivity index (χ3n) is 6.72. The first kappa shape index (κ1) is 29.2. The molecule has 0 N–H and O–H groups in total. The van der Waals surface area contributed by atoms with E-state index in [-0.39, 0.29) is 22.3 Å². The first-order valence-corrected chi connectivity index (χ1v) is 13.6. The topological polar surface area (TPSA) is 114 Å². The molecule has 9 nitrogen and oxygen atoms in total. The Morgan fingerprint density at radius 1 is 0.442 bits per heavy atom. The monoisotopic (exact) mass is 580 g/mol. The van der Waals surface area contributed by atoms with Gasteiger partial charge in [0.05, 0.1) is 28.4 Å². The lowest BCUT2D eigenvalue weighted by Gasteiger charge is -2.43. The average molecular weight is 581 g/mol. The summed E-state index contributed by atoms with van der Waals surface area (Å²) < 4.78 is 29.2. The van der Waals surface area contributed by atoms with Crippen molar-refractivity contribution in [3.63, 3.8) is 0 Å². The van der Waals surface area contributed by atoms with Crippen LogP contribution < -0.4 is 0 Å². The molecule has 1 heterocycles. The van der Waals surface area contributed by atoms with Gasteiger partial charge in [0.1, 0.15) is 0 Å². The molecule has 1 fully saturated rings. The van der Waals surface area contributed by atoms with Crippen LogP contribution >= 0.6 is 0 Å². The lowest BCUT2D eigenvalue weighted by Crippen LogP contribution is -2.61. The van der Waals surface area contributed by atoms with Crippen LogP contribution in [0.5, 0.6) is 0 Å². The quantitative estimate of drug-likeness (QED) is 0.203. The van der Waals surface area contributed by atoms with Crippen LogP contribution in [0.4, 0.5) is 0 Å². The molecule has 4 aromatic carbocycles. The van der Waals surface area contributed by atoms with Crippen molar-refractivity contribution in [2.24, 2.45) is 0 Å². The Bertz CT molecular complexity index is 1540. The van der Waals surface area contributed by atoms with Crippen LogP contribution in [0.3, 0.4) is 0 Å². The van der Waals surface area contributed by atoms with Crippen LogP contribution in [0.15, 0.2) is 121 Å². The number of benzene rings is 4. The van der Waals surface area contributed by atoms with Crippen molar-refractivity contribution < 1.29 is 42.9 Å². The van der Waals surface area contributed by atoms with Gasteiger partial charge in [-0.25, -0.2) is 19.2 Å². The van der Waals surface area contributed by atoms with Gasteiger partial charge in [0, 0.05) is 0 Å². The second kappa shape index (κ2) is 13.6. The zero-order valence-corrected chi connectivity index (χ0v) is 23.1. The summed E-state index contributed by atoms with van der Waals surface area (Å²) in [6.07, 6.45) is -6.67. The number of ether oxygens (including phenoxy) is 5. The summed E-state index contributed by atoms with van der Waals surface area (Å²) in [6, 6.07) is 32.7. The molecule has 0 aliphatic carbocycles. The highest BCUT2D eigenvalue weighted by Gasteiger charge is 2.53. The van der Waals surface area contributed by atoms with Gasteiger partial charge in [0.25, 0.3) is 0 Å². The second-order valence-corrected chi connectivity index (χ2v) is 9.69. The van der Waals surface area contributed by atoms with Crippen LogP contribution in [0, 0.1) is 0 Å². The lowest BCUT2D eigenvalue weighted by molar-refractivity contribution is -0.274. The number of carbonyl (C=O) groups excluding carboxylic acids is 4. The van der Waals surface area contributed by atoms with Crippen molar-refractivity contribution in [3.8, 4) is 0 Å². The summed E-state index contributed by atoms with van der Waals surface area (Å²) in [6.45, 7) is 1.57. The molecule has 5 atom stereocenters. The lowest BCUT2D eigenvalue weighted by atomic mass is 9.98. The smallest absolute Gasteiger partial charge is 0.340 e. The molecule has 0 amide bonds. The first-order chi connectivity index (χ1) is 20.9. The number of carbonyl (C=O) groups is 4. The summed E-state index contributed by atoms with van der Waals surface area (Å²) >= 11 is 0. The SMILES string of the molecule is C[C@@H]1O[C@H](OC(=O)c2ccccc2)[C@@H](OC(=O)c2ccccc2)[C@@H](OC(=O)c2ccccc2)[C@H]1OC(=O)c1ccccc1. The van der Waals surface area contributed by atoms with Gasteiger partial charge < -0.3 is 23.7 Å². The molecule has 1 saturated heterocycles. The zero-order valence-electron chi connectivity index (χ0n) is 23.1. The third-order valence-corrected chi connectivity index (χ3v) is 6.72. The van der Waals surface area contributed by atoms with E-state index in [4.69, 9.17) is 23.7 Å². The van der Waals surface area contributed by atoms with Gasteiger partial charge >= 0.3 is 23.9 Å². The van der Waals surface area contributed by atoms with Crippen LogP contribution in [-0.2, 0) is 23.7 Å². The van der Waals surface area contributed by atoms with E-state index in [1.165, 1.54) is 12.1 Å². The molecule has 0 spiro atoms. The van der Waals surface area contributed by atoms with Gasteiger partial charge in [-0.2, -0.15) is 0 Å². The van der Waals surface area contributed by atoms with Crippen LogP contribution in [-0.4, -0.2) is 54.6 Å². The van der Waals surface area contributed by atoms with Crippen molar-refractivity contribution in [1.29, 1.82) is 0 Å². The minimum absolute atomic E-state index is 0.195. The maximum absolute atomic E-state index is 13.3. The Labute approximate surface area is 247 Å². The maximum Gasteiger partial charge on any atom is 0.340 e. The van der Waals surface area contributed by atoms with Crippen LogP contribution in [0.25, 0.3) is 0 Å². The molecule has 1 aliphatic heterocycles. The van der Waals surface area contributed by atoms with E-state index >= 15 is 0 Å².